The van der Waals surface area contributed by atoms with Crippen molar-refractivity contribution in [1.82, 2.24) is 0 Å². The van der Waals surface area contributed by atoms with E-state index in [0.29, 0.717) is 21.8 Å². The molecule has 2 aromatic carbocycles. The van der Waals surface area contributed by atoms with Gasteiger partial charge in [0.1, 0.15) is 0 Å². The Morgan fingerprint density at radius 2 is 1.77 bits per heavy atom. The van der Waals surface area contributed by atoms with Crippen molar-refractivity contribution in [2.45, 2.75) is 0 Å². The van der Waals surface area contributed by atoms with Gasteiger partial charge in [0.05, 0.1) is 16.3 Å². The van der Waals surface area contributed by atoms with Gasteiger partial charge in [-0.05, 0) is 30.3 Å². The molecule has 2 rings (SSSR count). The summed E-state index contributed by atoms with van der Waals surface area (Å²) in [5.41, 5.74) is 6.46. The van der Waals surface area contributed by atoms with E-state index >= 15 is 0 Å². The summed E-state index contributed by atoms with van der Waals surface area (Å²) < 4.78 is 0. The lowest BCUT2D eigenvalue weighted by Gasteiger charge is -2.05. The Bertz CT molecular complexity index is 758. The summed E-state index contributed by atoms with van der Waals surface area (Å²) in [5.74, 6) is -0.839. The van der Waals surface area contributed by atoms with Gasteiger partial charge in [-0.3, -0.25) is 9.59 Å². The number of ketones is 1. The predicted octanol–water partition coefficient (Wildman–Crippen LogP) is 3.90. The van der Waals surface area contributed by atoms with Crippen LogP contribution in [0.2, 0.25) is 10.0 Å². The number of hydrogen-bond donors (Lipinski definition) is 2. The number of anilines is 1. The Morgan fingerprint density at radius 1 is 1.05 bits per heavy atom. The Kier molecular flexibility index (Phi) is 5.20. The zero-order valence-corrected chi connectivity index (χ0v) is 12.9. The second-order valence-electron chi connectivity index (χ2n) is 4.38. The highest BCUT2D eigenvalue weighted by atomic mass is 35.5. The number of hydrogen-bond acceptors (Lipinski definition) is 3. The molecule has 0 saturated heterocycles. The zero-order chi connectivity index (χ0) is 16.1. The fraction of sp³-hybridized carbons (Fsp3) is 0. The molecule has 4 nitrogen and oxygen atoms in total. The summed E-state index contributed by atoms with van der Waals surface area (Å²) in [6.45, 7) is 0. The van der Waals surface area contributed by atoms with Gasteiger partial charge >= 0.3 is 0 Å². The fourth-order valence-corrected chi connectivity index (χ4v) is 2.31. The van der Waals surface area contributed by atoms with E-state index in [4.69, 9.17) is 28.9 Å². The molecule has 0 atom stereocenters. The molecule has 0 unspecified atom stereocenters. The number of rotatable bonds is 5. The normalized spacial score (nSPS) is 10.6. The first-order valence-electron chi connectivity index (χ1n) is 6.30. The largest absolute Gasteiger partial charge is 0.366 e. The van der Waals surface area contributed by atoms with Gasteiger partial charge in [0.15, 0.2) is 5.78 Å². The minimum atomic E-state index is -0.552. The standard InChI is InChI=1S/C16H12Cl2N2O2/c17-10-5-6-11(13(18)9-10)15(21)7-8-20-14-4-2-1-3-12(14)16(19)22/h1-9,20H,(H2,19,22)/b8-7+. The SMILES string of the molecule is NC(=O)c1ccccc1N/C=C/C(=O)c1ccc(Cl)cc1Cl. The Labute approximate surface area is 137 Å². The predicted molar refractivity (Wildman–Crippen MR) is 88.5 cm³/mol. The van der Waals surface area contributed by atoms with Crippen LogP contribution in [0, 0.1) is 0 Å². The summed E-state index contributed by atoms with van der Waals surface area (Å²) >= 11 is 11.7. The lowest BCUT2D eigenvalue weighted by atomic mass is 10.1. The molecule has 0 aliphatic carbocycles. The molecular formula is C16H12Cl2N2O2. The topological polar surface area (TPSA) is 72.2 Å². The number of primary amides is 1. The fourth-order valence-electron chi connectivity index (χ4n) is 1.81. The van der Waals surface area contributed by atoms with Gasteiger partial charge in [-0.2, -0.15) is 0 Å². The molecule has 1 amide bonds. The average molecular weight is 335 g/mol. The lowest BCUT2D eigenvalue weighted by molar-refractivity contribution is 0.0999. The van der Waals surface area contributed by atoms with Crippen LogP contribution in [-0.4, -0.2) is 11.7 Å². The molecule has 0 aliphatic rings. The van der Waals surface area contributed by atoms with Gasteiger partial charge in [0.25, 0.3) is 5.91 Å². The third-order valence-corrected chi connectivity index (χ3v) is 3.41. The molecule has 0 aromatic heterocycles. The van der Waals surface area contributed by atoms with Gasteiger partial charge in [0.2, 0.25) is 0 Å². The van der Waals surface area contributed by atoms with E-state index in [0.717, 1.165) is 0 Å². The van der Waals surface area contributed by atoms with Crippen LogP contribution in [0.15, 0.2) is 54.7 Å². The number of allylic oxidation sites excluding steroid dienone is 1. The summed E-state index contributed by atoms with van der Waals surface area (Å²) in [4.78, 5) is 23.3. The van der Waals surface area contributed by atoms with E-state index < -0.39 is 5.91 Å². The number of halogens is 2. The van der Waals surface area contributed by atoms with Crippen molar-refractivity contribution in [2.75, 3.05) is 5.32 Å². The quantitative estimate of drug-likeness (QED) is 0.643. The Hall–Kier alpha value is -2.30. The second-order valence-corrected chi connectivity index (χ2v) is 5.22. The average Bonchev–Trinajstić information content (AvgIpc) is 2.47. The molecule has 0 bridgehead atoms. The second kappa shape index (κ2) is 7.11. The summed E-state index contributed by atoms with van der Waals surface area (Å²) in [5, 5.41) is 3.59. The molecule has 0 heterocycles. The van der Waals surface area contributed by atoms with Gasteiger partial charge in [-0.25, -0.2) is 0 Å². The van der Waals surface area contributed by atoms with Crippen molar-refractivity contribution in [3.05, 3.63) is 75.9 Å². The van der Waals surface area contributed by atoms with Gasteiger partial charge in [0, 0.05) is 22.9 Å². The smallest absolute Gasteiger partial charge is 0.250 e. The number of nitrogens with one attached hydrogen (secondary N) is 1. The molecular weight excluding hydrogens is 323 g/mol. The molecule has 0 spiro atoms. The maximum absolute atomic E-state index is 12.0. The van der Waals surface area contributed by atoms with Gasteiger partial charge < -0.3 is 11.1 Å². The van der Waals surface area contributed by atoms with Crippen LogP contribution in [-0.2, 0) is 0 Å². The van der Waals surface area contributed by atoms with Crippen molar-refractivity contribution in [3.63, 3.8) is 0 Å². The molecule has 0 fully saturated rings. The summed E-state index contributed by atoms with van der Waals surface area (Å²) in [6, 6.07) is 11.4. The number of benzene rings is 2. The minimum Gasteiger partial charge on any atom is -0.366 e. The third-order valence-electron chi connectivity index (χ3n) is 2.86. The van der Waals surface area contributed by atoms with E-state index in [2.05, 4.69) is 5.32 Å². The zero-order valence-electron chi connectivity index (χ0n) is 11.3. The highest BCUT2D eigenvalue weighted by molar-refractivity contribution is 6.37. The van der Waals surface area contributed by atoms with Crippen molar-refractivity contribution < 1.29 is 9.59 Å². The van der Waals surface area contributed by atoms with E-state index in [9.17, 15) is 9.59 Å². The molecule has 112 valence electrons. The summed E-state index contributed by atoms with van der Waals surface area (Å²) in [6.07, 6.45) is 2.74. The Morgan fingerprint density at radius 3 is 2.45 bits per heavy atom. The maximum Gasteiger partial charge on any atom is 0.250 e. The van der Waals surface area contributed by atoms with Gasteiger partial charge in [-0.15, -0.1) is 0 Å². The van der Waals surface area contributed by atoms with Crippen LogP contribution in [0.5, 0.6) is 0 Å². The molecule has 3 N–H and O–H groups in total. The van der Waals surface area contributed by atoms with E-state index in [1.165, 1.54) is 18.3 Å². The van der Waals surface area contributed by atoms with Crippen molar-refractivity contribution in [2.24, 2.45) is 5.73 Å². The van der Waals surface area contributed by atoms with Crippen LogP contribution < -0.4 is 11.1 Å². The van der Waals surface area contributed by atoms with Gasteiger partial charge in [-0.1, -0.05) is 35.3 Å². The number of amides is 1. The maximum atomic E-state index is 12.0. The van der Waals surface area contributed by atoms with Crippen LogP contribution in [0.25, 0.3) is 0 Å². The lowest BCUT2D eigenvalue weighted by Crippen LogP contribution is -2.13. The first kappa shape index (κ1) is 16.1. The van der Waals surface area contributed by atoms with Crippen LogP contribution in [0.1, 0.15) is 20.7 Å². The number of nitrogens with two attached hydrogens (primary N) is 1. The Balaban J connectivity index is 2.13. The van der Waals surface area contributed by atoms with E-state index in [-0.39, 0.29) is 10.8 Å². The van der Waals surface area contributed by atoms with Crippen molar-refractivity contribution in [1.29, 1.82) is 0 Å². The molecule has 0 radical (unpaired) electrons. The molecule has 0 aliphatic heterocycles. The number of para-hydroxylation sites is 1. The molecule has 2 aromatic rings. The first-order chi connectivity index (χ1) is 10.5. The van der Waals surface area contributed by atoms with E-state index in [1.54, 1.807) is 36.4 Å². The highest BCUT2D eigenvalue weighted by Gasteiger charge is 2.08. The van der Waals surface area contributed by atoms with Crippen LogP contribution in [0.4, 0.5) is 5.69 Å². The molecule has 6 heteroatoms. The van der Waals surface area contributed by atoms with Crippen LogP contribution >= 0.6 is 23.2 Å². The van der Waals surface area contributed by atoms with E-state index in [1.807, 2.05) is 0 Å². The minimum absolute atomic E-state index is 0.277. The molecule has 22 heavy (non-hydrogen) atoms. The summed E-state index contributed by atoms with van der Waals surface area (Å²) in [7, 11) is 0. The van der Waals surface area contributed by atoms with Crippen LogP contribution in [0.3, 0.4) is 0 Å². The first-order valence-corrected chi connectivity index (χ1v) is 7.06. The highest BCUT2D eigenvalue weighted by Crippen LogP contribution is 2.21. The molecule has 0 saturated carbocycles. The third kappa shape index (κ3) is 3.87. The number of carbonyl (C=O) groups is 2. The van der Waals surface area contributed by atoms with Crippen molar-refractivity contribution >= 4 is 40.6 Å². The van der Waals surface area contributed by atoms with Crippen molar-refractivity contribution in [3.8, 4) is 0 Å². The monoisotopic (exact) mass is 334 g/mol. The number of carbonyl (C=O) groups excluding carboxylic acids is 2.